The molecule has 2 amide bonds. The number of nitrogens with one attached hydrogen (secondary N) is 2. The molecule has 10 heteroatoms. The fraction of sp³-hybridized carbons (Fsp3) is 0.222. The Balaban J connectivity index is 1.88. The van der Waals surface area contributed by atoms with Gasteiger partial charge < -0.3 is 10.6 Å². The van der Waals surface area contributed by atoms with E-state index in [2.05, 4.69) is 10.6 Å². The zero-order valence-corrected chi connectivity index (χ0v) is 16.7. The maximum atomic E-state index is 12.1. The van der Waals surface area contributed by atoms with Crippen LogP contribution in [-0.4, -0.2) is 41.8 Å². The number of aryl methyl sites for hydroxylation is 1. The van der Waals surface area contributed by atoms with Crippen LogP contribution in [0.15, 0.2) is 36.4 Å². The number of carbonyl (C=O) groups excluding carboxylic acids is 2. The lowest BCUT2D eigenvalue weighted by molar-refractivity contribution is -0.385. The van der Waals surface area contributed by atoms with Gasteiger partial charge in [-0.05, 0) is 38.2 Å². The fourth-order valence-electron chi connectivity index (χ4n) is 2.40. The van der Waals surface area contributed by atoms with Crippen LogP contribution in [0.25, 0.3) is 0 Å². The Hall–Kier alpha value is -2.68. The molecule has 0 saturated carbocycles. The SMILES string of the molecule is Cc1ccc(NC(=O)CN(C)CC(=O)Nc2ccc(Cl)c(Cl)c2)cc1[N+](=O)[O-]. The predicted molar refractivity (Wildman–Crippen MR) is 109 cm³/mol. The topological polar surface area (TPSA) is 105 Å². The van der Waals surface area contributed by atoms with Crippen LogP contribution in [0.4, 0.5) is 17.1 Å². The van der Waals surface area contributed by atoms with Gasteiger partial charge in [-0.15, -0.1) is 0 Å². The highest BCUT2D eigenvalue weighted by Gasteiger charge is 2.15. The number of hydrogen-bond donors (Lipinski definition) is 2. The van der Waals surface area contributed by atoms with Gasteiger partial charge in [-0.25, -0.2) is 0 Å². The van der Waals surface area contributed by atoms with Gasteiger partial charge in [0, 0.05) is 23.0 Å². The zero-order valence-electron chi connectivity index (χ0n) is 15.2. The number of amides is 2. The Morgan fingerprint density at radius 3 is 2.07 bits per heavy atom. The molecule has 0 saturated heterocycles. The minimum absolute atomic E-state index is 0.0400. The van der Waals surface area contributed by atoms with Gasteiger partial charge in [0.25, 0.3) is 5.69 Å². The van der Waals surface area contributed by atoms with Crippen molar-refractivity contribution in [1.29, 1.82) is 0 Å². The molecule has 2 rings (SSSR count). The largest absolute Gasteiger partial charge is 0.325 e. The van der Waals surface area contributed by atoms with Crippen LogP contribution in [0.2, 0.25) is 10.0 Å². The standard InChI is InChI=1S/C18H18Cl2N4O4/c1-11-3-4-13(8-16(11)24(27)28)22-18(26)10-23(2)9-17(25)21-12-5-6-14(19)15(20)7-12/h3-8H,9-10H2,1-2H3,(H,21,25)(H,22,26). The Morgan fingerprint density at radius 1 is 1.00 bits per heavy atom. The van der Waals surface area contributed by atoms with Crippen LogP contribution in [0, 0.1) is 17.0 Å². The highest BCUT2D eigenvalue weighted by atomic mass is 35.5. The Kier molecular flexibility index (Phi) is 7.33. The first-order valence-corrected chi connectivity index (χ1v) is 8.89. The molecule has 0 fully saturated rings. The molecule has 2 aromatic carbocycles. The van der Waals surface area contributed by atoms with Gasteiger partial charge in [0.05, 0.1) is 28.1 Å². The third-order valence-electron chi connectivity index (χ3n) is 3.72. The van der Waals surface area contributed by atoms with E-state index in [9.17, 15) is 19.7 Å². The fourth-order valence-corrected chi connectivity index (χ4v) is 2.70. The van der Waals surface area contributed by atoms with E-state index in [0.717, 1.165) is 0 Å². The third-order valence-corrected chi connectivity index (χ3v) is 4.46. The molecule has 8 nitrogen and oxygen atoms in total. The number of likely N-dealkylation sites (N-methyl/N-ethyl adjacent to an activating group) is 1. The Labute approximate surface area is 171 Å². The number of nitro benzene ring substituents is 1. The molecular weight excluding hydrogens is 407 g/mol. The lowest BCUT2D eigenvalue weighted by Crippen LogP contribution is -2.36. The molecule has 28 heavy (non-hydrogen) atoms. The number of hydrogen-bond acceptors (Lipinski definition) is 5. The van der Waals surface area contributed by atoms with Crippen LogP contribution in [0.1, 0.15) is 5.56 Å². The normalized spacial score (nSPS) is 10.6. The molecule has 0 aromatic heterocycles. The zero-order chi connectivity index (χ0) is 20.8. The molecule has 0 aliphatic heterocycles. The van der Waals surface area contributed by atoms with Crippen molar-refractivity contribution >= 4 is 52.1 Å². The average molecular weight is 425 g/mol. The van der Waals surface area contributed by atoms with Gasteiger partial charge in [0.15, 0.2) is 0 Å². The highest BCUT2D eigenvalue weighted by molar-refractivity contribution is 6.42. The van der Waals surface area contributed by atoms with Crippen LogP contribution in [0.3, 0.4) is 0 Å². The van der Waals surface area contributed by atoms with E-state index in [-0.39, 0.29) is 24.7 Å². The minimum Gasteiger partial charge on any atom is -0.325 e. The number of nitro groups is 1. The summed E-state index contributed by atoms with van der Waals surface area (Å²) < 4.78 is 0. The van der Waals surface area contributed by atoms with Crippen LogP contribution < -0.4 is 10.6 Å². The number of nitrogens with zero attached hydrogens (tertiary/aromatic N) is 2. The van der Waals surface area contributed by atoms with Crippen molar-refractivity contribution < 1.29 is 14.5 Å². The molecule has 0 aliphatic carbocycles. The molecule has 0 atom stereocenters. The van der Waals surface area contributed by atoms with E-state index < -0.39 is 10.8 Å². The monoisotopic (exact) mass is 424 g/mol. The number of anilines is 2. The van der Waals surface area contributed by atoms with Crippen molar-refractivity contribution in [3.05, 3.63) is 62.1 Å². The minimum atomic E-state index is -0.509. The van der Waals surface area contributed by atoms with Crippen molar-refractivity contribution in [3.8, 4) is 0 Å². The van der Waals surface area contributed by atoms with Crippen molar-refractivity contribution in [3.63, 3.8) is 0 Å². The Morgan fingerprint density at radius 2 is 1.54 bits per heavy atom. The van der Waals surface area contributed by atoms with E-state index in [1.807, 2.05) is 0 Å². The molecule has 148 valence electrons. The molecule has 0 bridgehead atoms. The first-order chi connectivity index (χ1) is 13.2. The average Bonchev–Trinajstić information content (AvgIpc) is 2.59. The van der Waals surface area contributed by atoms with E-state index in [4.69, 9.17) is 23.2 Å². The quantitative estimate of drug-likeness (QED) is 0.520. The second kappa shape index (κ2) is 9.50. The molecule has 2 aromatic rings. The Bertz CT molecular complexity index is 920. The van der Waals surface area contributed by atoms with Crippen molar-refractivity contribution in [1.82, 2.24) is 4.90 Å². The second-order valence-electron chi connectivity index (χ2n) is 6.16. The maximum Gasteiger partial charge on any atom is 0.274 e. The molecular formula is C18H18Cl2N4O4. The van der Waals surface area contributed by atoms with E-state index in [1.165, 1.54) is 17.0 Å². The van der Waals surface area contributed by atoms with Crippen LogP contribution in [0.5, 0.6) is 0 Å². The van der Waals surface area contributed by atoms with Gasteiger partial charge in [-0.3, -0.25) is 24.6 Å². The van der Waals surface area contributed by atoms with Gasteiger partial charge in [-0.1, -0.05) is 29.3 Å². The van der Waals surface area contributed by atoms with Gasteiger partial charge >= 0.3 is 0 Å². The highest BCUT2D eigenvalue weighted by Crippen LogP contribution is 2.25. The molecule has 0 unspecified atom stereocenters. The predicted octanol–water partition coefficient (Wildman–Crippen LogP) is 3.72. The number of halogens is 2. The first kappa shape index (κ1) is 21.6. The van der Waals surface area contributed by atoms with Gasteiger partial charge in [0.2, 0.25) is 11.8 Å². The molecule has 0 radical (unpaired) electrons. The molecule has 0 aliphatic rings. The van der Waals surface area contributed by atoms with E-state index >= 15 is 0 Å². The lowest BCUT2D eigenvalue weighted by atomic mass is 10.2. The van der Waals surface area contributed by atoms with E-state index in [1.54, 1.807) is 38.2 Å². The van der Waals surface area contributed by atoms with E-state index in [0.29, 0.717) is 27.0 Å². The number of carbonyl (C=O) groups is 2. The first-order valence-electron chi connectivity index (χ1n) is 8.14. The molecule has 0 heterocycles. The summed E-state index contributed by atoms with van der Waals surface area (Å²) in [5, 5.41) is 16.9. The summed E-state index contributed by atoms with van der Waals surface area (Å²) in [4.78, 5) is 36.2. The summed E-state index contributed by atoms with van der Waals surface area (Å²) in [6, 6.07) is 9.14. The van der Waals surface area contributed by atoms with Crippen molar-refractivity contribution in [2.75, 3.05) is 30.8 Å². The smallest absolute Gasteiger partial charge is 0.274 e. The van der Waals surface area contributed by atoms with Crippen molar-refractivity contribution in [2.45, 2.75) is 6.92 Å². The van der Waals surface area contributed by atoms with Gasteiger partial charge in [0.1, 0.15) is 0 Å². The summed E-state index contributed by atoms with van der Waals surface area (Å²) in [6.07, 6.45) is 0. The lowest BCUT2D eigenvalue weighted by Gasteiger charge is -2.16. The van der Waals surface area contributed by atoms with Crippen LogP contribution >= 0.6 is 23.2 Å². The second-order valence-corrected chi connectivity index (χ2v) is 6.97. The molecule has 2 N–H and O–H groups in total. The third kappa shape index (κ3) is 6.19. The summed E-state index contributed by atoms with van der Waals surface area (Å²) in [7, 11) is 1.60. The van der Waals surface area contributed by atoms with Crippen LogP contribution in [-0.2, 0) is 9.59 Å². The molecule has 0 spiro atoms. The summed E-state index contributed by atoms with van der Waals surface area (Å²) in [5.74, 6) is -0.734. The maximum absolute atomic E-state index is 12.1. The number of benzene rings is 2. The summed E-state index contributed by atoms with van der Waals surface area (Å²) >= 11 is 11.7. The summed E-state index contributed by atoms with van der Waals surface area (Å²) in [6.45, 7) is 1.50. The number of rotatable bonds is 7. The van der Waals surface area contributed by atoms with Crippen molar-refractivity contribution in [2.24, 2.45) is 0 Å². The van der Waals surface area contributed by atoms with Gasteiger partial charge in [-0.2, -0.15) is 0 Å². The summed E-state index contributed by atoms with van der Waals surface area (Å²) in [5.41, 5.74) is 1.23.